The summed E-state index contributed by atoms with van der Waals surface area (Å²) in [5.74, 6) is -0.320. The van der Waals surface area contributed by atoms with Gasteiger partial charge in [0.05, 0.1) is 4.70 Å². The minimum Gasteiger partial charge on any atom is -0.410 e. The zero-order valence-electron chi connectivity index (χ0n) is 12.2. The first-order valence-corrected chi connectivity index (χ1v) is 8.08. The molecule has 0 aliphatic carbocycles. The maximum atomic E-state index is 13.9. The van der Waals surface area contributed by atoms with Crippen LogP contribution in [-0.2, 0) is 0 Å². The number of amides is 1. The monoisotopic (exact) mass is 374 g/mol. The van der Waals surface area contributed by atoms with Gasteiger partial charge in [-0.25, -0.2) is 14.2 Å². The van der Waals surface area contributed by atoms with E-state index < -0.39 is 11.9 Å². The van der Waals surface area contributed by atoms with Gasteiger partial charge in [0.1, 0.15) is 11.3 Å². The number of benzene rings is 1. The molecule has 0 unspecified atom stereocenters. The Labute approximate surface area is 135 Å². The van der Waals surface area contributed by atoms with Crippen molar-refractivity contribution in [2.24, 2.45) is 0 Å². The molecule has 4 nitrogen and oxygen atoms in total. The lowest BCUT2D eigenvalue weighted by atomic mass is 10.1. The Morgan fingerprint density at radius 2 is 2.14 bits per heavy atom. The molecule has 7 heteroatoms. The molecule has 21 heavy (non-hydrogen) atoms. The van der Waals surface area contributed by atoms with Gasteiger partial charge in [0, 0.05) is 24.2 Å². The van der Waals surface area contributed by atoms with Crippen molar-refractivity contribution in [2.45, 2.75) is 33.2 Å². The van der Waals surface area contributed by atoms with E-state index in [2.05, 4.69) is 20.9 Å². The van der Waals surface area contributed by atoms with Crippen molar-refractivity contribution in [3.63, 3.8) is 0 Å². The molecule has 0 N–H and O–H groups in total. The van der Waals surface area contributed by atoms with Crippen LogP contribution in [0.15, 0.2) is 16.0 Å². The number of ether oxygens (including phenoxy) is 1. The Bertz CT molecular complexity index is 681. The Hall–Kier alpha value is -1.21. The van der Waals surface area contributed by atoms with Gasteiger partial charge in [-0.15, -0.1) is 11.3 Å². The Morgan fingerprint density at radius 1 is 1.48 bits per heavy atom. The molecule has 0 saturated carbocycles. The van der Waals surface area contributed by atoms with E-state index >= 15 is 0 Å². The Morgan fingerprint density at radius 3 is 2.71 bits per heavy atom. The van der Waals surface area contributed by atoms with Gasteiger partial charge in [0.25, 0.3) is 0 Å². The van der Waals surface area contributed by atoms with E-state index in [-0.39, 0.29) is 16.8 Å². The van der Waals surface area contributed by atoms with Gasteiger partial charge in [0.2, 0.25) is 0 Å². The quantitative estimate of drug-likeness (QED) is 0.756. The summed E-state index contributed by atoms with van der Waals surface area (Å²) in [6.07, 6.45) is -0.493. The summed E-state index contributed by atoms with van der Waals surface area (Å²) in [5, 5.41) is 0. The molecule has 114 valence electrons. The highest BCUT2D eigenvalue weighted by atomic mass is 79.9. The average Bonchev–Trinajstić information content (AvgIpc) is 2.69. The van der Waals surface area contributed by atoms with E-state index in [9.17, 15) is 9.18 Å². The molecule has 0 fully saturated rings. The third-order valence-corrected chi connectivity index (χ3v) is 4.40. The second-order valence-corrected chi connectivity index (χ2v) is 7.81. The van der Waals surface area contributed by atoms with Gasteiger partial charge in [-0.2, -0.15) is 0 Å². The molecular weight excluding hydrogens is 359 g/mol. The molecule has 0 saturated heterocycles. The summed E-state index contributed by atoms with van der Waals surface area (Å²) in [4.78, 5) is 17.8. The molecular formula is C14H16BrFN2O2S. The van der Waals surface area contributed by atoms with Crippen molar-refractivity contribution in [1.82, 2.24) is 9.88 Å². The highest BCUT2D eigenvalue weighted by Crippen LogP contribution is 2.31. The van der Waals surface area contributed by atoms with Gasteiger partial charge >= 0.3 is 6.09 Å². The maximum absolute atomic E-state index is 13.9. The van der Waals surface area contributed by atoms with E-state index in [1.54, 1.807) is 11.0 Å². The molecule has 1 amide bonds. The summed E-state index contributed by atoms with van der Waals surface area (Å²) in [7, 11) is 0. The number of nitrogens with zero attached hydrogens (tertiary/aromatic N) is 2. The van der Waals surface area contributed by atoms with Crippen LogP contribution in [0.5, 0.6) is 5.75 Å². The number of rotatable bonds is 2. The third kappa shape index (κ3) is 3.52. The van der Waals surface area contributed by atoms with E-state index in [1.165, 1.54) is 17.4 Å². The van der Waals surface area contributed by atoms with Crippen molar-refractivity contribution >= 4 is 43.6 Å². The lowest BCUT2D eigenvalue weighted by molar-refractivity contribution is 0.110. The summed E-state index contributed by atoms with van der Waals surface area (Å²) in [6.45, 7) is 8.14. The maximum Gasteiger partial charge on any atom is 0.415 e. The van der Waals surface area contributed by atoms with Crippen molar-refractivity contribution in [3.05, 3.63) is 21.9 Å². The van der Waals surface area contributed by atoms with Crippen LogP contribution in [-0.4, -0.2) is 28.1 Å². The van der Waals surface area contributed by atoms with Crippen LogP contribution in [0.25, 0.3) is 10.2 Å². The standard InChI is InChI=1S/C14H16BrFN2O2S/c1-5-18(14(2,3)4)13(19)20-8-6-9(16)11-10(7-8)21-12(15)17-11/h6-7H,5H2,1-4H3. The molecule has 1 heterocycles. The fraction of sp³-hybridized carbons (Fsp3) is 0.429. The molecule has 0 aliphatic rings. The molecule has 0 aliphatic heterocycles. The largest absolute Gasteiger partial charge is 0.415 e. The molecule has 2 rings (SSSR count). The SMILES string of the molecule is CCN(C(=O)Oc1cc(F)c2nc(Br)sc2c1)C(C)(C)C. The van der Waals surface area contributed by atoms with Crippen LogP contribution in [0.3, 0.4) is 0 Å². The van der Waals surface area contributed by atoms with Crippen molar-refractivity contribution in [1.29, 1.82) is 0 Å². The smallest absolute Gasteiger partial charge is 0.410 e. The molecule has 0 radical (unpaired) electrons. The normalized spacial score (nSPS) is 11.7. The van der Waals surface area contributed by atoms with Crippen LogP contribution >= 0.6 is 27.3 Å². The molecule has 1 aromatic heterocycles. The van der Waals surface area contributed by atoms with E-state index in [1.807, 2.05) is 27.7 Å². The number of fused-ring (bicyclic) bond motifs is 1. The van der Waals surface area contributed by atoms with Gasteiger partial charge in [0.15, 0.2) is 9.73 Å². The second kappa shape index (κ2) is 5.88. The van der Waals surface area contributed by atoms with Gasteiger partial charge < -0.3 is 9.64 Å². The van der Waals surface area contributed by atoms with Gasteiger partial charge in [-0.1, -0.05) is 0 Å². The van der Waals surface area contributed by atoms with E-state index in [4.69, 9.17) is 4.74 Å². The molecule has 0 atom stereocenters. The minimum atomic E-state index is -0.504. The zero-order valence-corrected chi connectivity index (χ0v) is 14.6. The number of carbonyl (C=O) groups is 1. The van der Waals surface area contributed by atoms with Crippen LogP contribution < -0.4 is 4.74 Å². The first-order chi connectivity index (χ1) is 9.72. The molecule has 2 aromatic rings. The Kier molecular flexibility index (Phi) is 4.53. The molecule has 0 bridgehead atoms. The fourth-order valence-electron chi connectivity index (χ4n) is 2.03. The van der Waals surface area contributed by atoms with E-state index in [0.717, 1.165) is 0 Å². The van der Waals surface area contributed by atoms with Crippen molar-refractivity contribution < 1.29 is 13.9 Å². The first kappa shape index (κ1) is 16.2. The number of halogens is 2. The lowest BCUT2D eigenvalue weighted by Crippen LogP contribution is -2.46. The van der Waals surface area contributed by atoms with Crippen LogP contribution in [0.1, 0.15) is 27.7 Å². The highest BCUT2D eigenvalue weighted by molar-refractivity contribution is 9.11. The number of hydrogen-bond acceptors (Lipinski definition) is 4. The predicted molar refractivity (Wildman–Crippen MR) is 85.4 cm³/mol. The summed E-state index contributed by atoms with van der Waals surface area (Å²) in [6, 6.07) is 2.80. The van der Waals surface area contributed by atoms with Gasteiger partial charge in [-0.3, -0.25) is 0 Å². The van der Waals surface area contributed by atoms with Gasteiger partial charge in [-0.05, 0) is 43.6 Å². The van der Waals surface area contributed by atoms with Crippen molar-refractivity contribution in [3.8, 4) is 5.75 Å². The van der Waals surface area contributed by atoms with Crippen LogP contribution in [0, 0.1) is 5.82 Å². The Balaban J connectivity index is 2.29. The minimum absolute atomic E-state index is 0.184. The lowest BCUT2D eigenvalue weighted by Gasteiger charge is -2.33. The zero-order chi connectivity index (χ0) is 15.8. The third-order valence-electron chi connectivity index (χ3n) is 2.95. The fourth-order valence-corrected chi connectivity index (χ4v) is 3.46. The van der Waals surface area contributed by atoms with Crippen LogP contribution in [0.2, 0.25) is 0 Å². The summed E-state index contributed by atoms with van der Waals surface area (Å²) >= 11 is 4.51. The van der Waals surface area contributed by atoms with Crippen LogP contribution in [0.4, 0.5) is 9.18 Å². The second-order valence-electron chi connectivity index (χ2n) is 5.50. The first-order valence-electron chi connectivity index (χ1n) is 6.47. The van der Waals surface area contributed by atoms with Crippen molar-refractivity contribution in [2.75, 3.05) is 6.54 Å². The topological polar surface area (TPSA) is 42.4 Å². The molecule has 1 aromatic carbocycles. The number of thiazole rings is 1. The summed E-state index contributed by atoms with van der Waals surface area (Å²) in [5.41, 5.74) is -0.0861. The average molecular weight is 375 g/mol. The highest BCUT2D eigenvalue weighted by Gasteiger charge is 2.26. The number of hydrogen-bond donors (Lipinski definition) is 0. The summed E-state index contributed by atoms with van der Waals surface area (Å²) < 4.78 is 20.5. The predicted octanol–water partition coefficient (Wildman–Crippen LogP) is 4.82. The number of aromatic nitrogens is 1. The number of carbonyl (C=O) groups excluding carboxylic acids is 1. The molecule has 0 spiro atoms. The van der Waals surface area contributed by atoms with E-state index in [0.29, 0.717) is 15.2 Å².